The predicted octanol–water partition coefficient (Wildman–Crippen LogP) is 22.9. The van der Waals surface area contributed by atoms with E-state index in [9.17, 15) is 43.2 Å². The van der Waals surface area contributed by atoms with Crippen LogP contribution in [0.2, 0.25) is 0 Å². The zero-order valence-corrected chi connectivity index (χ0v) is 65.5. The molecule has 102 heavy (non-hydrogen) atoms. The molecular weight excluding hydrogens is 1330 g/mol. The second-order valence-corrected chi connectivity index (χ2v) is 28.8. The number of phosphoric ester groups is 2. The van der Waals surface area contributed by atoms with Crippen molar-refractivity contribution in [3.63, 3.8) is 0 Å². The van der Waals surface area contributed by atoms with Crippen LogP contribution in [-0.2, 0) is 65.4 Å². The normalized spacial score (nSPS) is 14.6. The fraction of sp³-hybridized carbons (Fsp3) is 0.687. The van der Waals surface area contributed by atoms with Crippen molar-refractivity contribution in [1.82, 2.24) is 0 Å². The molecule has 17 nitrogen and oxygen atoms in total. The van der Waals surface area contributed by atoms with Gasteiger partial charge >= 0.3 is 39.5 Å². The Morgan fingerprint density at radius 3 is 0.882 bits per heavy atom. The average Bonchev–Trinajstić information content (AvgIpc) is 0.926. The van der Waals surface area contributed by atoms with Crippen LogP contribution in [-0.4, -0.2) is 96.7 Å². The highest BCUT2D eigenvalue weighted by molar-refractivity contribution is 7.47. The minimum absolute atomic E-state index is 0.0628. The monoisotopic (exact) mass is 1470 g/mol. The van der Waals surface area contributed by atoms with Crippen molar-refractivity contribution in [2.24, 2.45) is 0 Å². The van der Waals surface area contributed by atoms with Gasteiger partial charge in [-0.15, -0.1) is 0 Å². The van der Waals surface area contributed by atoms with Crippen molar-refractivity contribution >= 4 is 39.5 Å². The van der Waals surface area contributed by atoms with E-state index in [1.165, 1.54) is 77.0 Å². The number of aliphatic hydroxyl groups excluding tert-OH is 1. The summed E-state index contributed by atoms with van der Waals surface area (Å²) in [5.41, 5.74) is 0. The number of rotatable bonds is 73. The molecule has 0 rings (SSSR count). The van der Waals surface area contributed by atoms with Crippen LogP contribution >= 0.6 is 15.6 Å². The molecule has 0 fully saturated rings. The molecule has 0 aromatic carbocycles. The second kappa shape index (κ2) is 74.5. The number of unbranched alkanes of at least 4 members (excludes halogenated alkanes) is 26. The van der Waals surface area contributed by atoms with Crippen LogP contribution in [0.15, 0.2) is 134 Å². The summed E-state index contributed by atoms with van der Waals surface area (Å²) in [6, 6.07) is 0. The molecule has 0 aliphatic rings. The fourth-order valence-electron chi connectivity index (χ4n) is 10.2. The van der Waals surface area contributed by atoms with Crippen LogP contribution in [0, 0.1) is 0 Å². The standard InChI is InChI=1S/C83H140O17P2/c1-5-9-13-17-21-25-29-33-37-38-42-44-48-52-56-60-64-68-81(86)94-74-79(100-83(88)70-66-62-58-54-50-46-41-36-32-28-24-20-16-12-8-4)76-98-102(91,92)96-72-77(84)71-95-101(89,90)97-75-78(99-82(87)69-65-61-57-53-49-45-40-35-31-27-23-19-15-11-7-3)73-93-80(85)67-63-59-55-51-47-43-39-34-30-26-22-18-14-10-6-2/h9-10,13-14,21-22,25-26,33-37,39-42,44,47,51,59,63,77-79,84H,5-8,11-12,15-20,23-24,27-32,38,43,45-46,48-50,52-58,60-62,64-76H2,1-4H3,(H,89,90)(H,91,92)/b13-9-,14-10-,25-21-,26-22-,37-33-,39-34-,40-35-,41-36-,44-42-,51-47-,63-59-. The Balaban J connectivity index is 5.46. The van der Waals surface area contributed by atoms with Gasteiger partial charge in [-0.2, -0.15) is 0 Å². The summed E-state index contributed by atoms with van der Waals surface area (Å²) in [7, 11) is -9.99. The van der Waals surface area contributed by atoms with Crippen LogP contribution in [0.5, 0.6) is 0 Å². The second-order valence-electron chi connectivity index (χ2n) is 25.9. The molecule has 19 heteroatoms. The molecule has 0 aliphatic heterocycles. The zero-order valence-electron chi connectivity index (χ0n) is 63.7. The van der Waals surface area contributed by atoms with Crippen LogP contribution in [0.3, 0.4) is 0 Å². The SMILES string of the molecule is CC/C=C\C/C=C\C/C=C\C/C=C\C/C=C\CC(=O)OCC(COP(=O)(O)OCC(O)COP(=O)(O)OCC(COC(=O)CCCCCC/C=C\C/C=C\C/C=C\C/C=C\CC)OC(=O)CCCCCCC/C=C\CCCCCCCC)OC(=O)CCCCCCC/C=C\CCCCCCCC. The smallest absolute Gasteiger partial charge is 0.462 e. The largest absolute Gasteiger partial charge is 0.472 e. The van der Waals surface area contributed by atoms with E-state index in [1.807, 2.05) is 18.2 Å². The van der Waals surface area contributed by atoms with Gasteiger partial charge in [0, 0.05) is 19.3 Å². The van der Waals surface area contributed by atoms with E-state index in [-0.39, 0.29) is 25.7 Å². The lowest BCUT2D eigenvalue weighted by molar-refractivity contribution is -0.161. The van der Waals surface area contributed by atoms with Gasteiger partial charge in [0.15, 0.2) is 12.2 Å². The van der Waals surface area contributed by atoms with Crippen LogP contribution in [0.1, 0.15) is 310 Å². The van der Waals surface area contributed by atoms with Gasteiger partial charge in [0.2, 0.25) is 0 Å². The van der Waals surface area contributed by atoms with E-state index in [4.69, 9.17) is 37.0 Å². The summed E-state index contributed by atoms with van der Waals surface area (Å²) in [4.78, 5) is 72.9. The van der Waals surface area contributed by atoms with E-state index >= 15 is 0 Å². The zero-order chi connectivity index (χ0) is 74.6. The third-order valence-corrected chi connectivity index (χ3v) is 18.0. The number of carbonyl (C=O) groups is 4. The van der Waals surface area contributed by atoms with E-state index < -0.39 is 97.5 Å². The van der Waals surface area contributed by atoms with Crippen molar-refractivity contribution in [3.8, 4) is 0 Å². The quantitative estimate of drug-likeness (QED) is 0.0169. The van der Waals surface area contributed by atoms with Crippen molar-refractivity contribution < 1.29 is 80.2 Å². The molecule has 0 radical (unpaired) electrons. The van der Waals surface area contributed by atoms with E-state index in [0.29, 0.717) is 25.7 Å². The molecule has 3 N–H and O–H groups in total. The van der Waals surface area contributed by atoms with E-state index in [0.717, 1.165) is 154 Å². The fourth-order valence-corrected chi connectivity index (χ4v) is 11.7. The molecule has 0 aromatic heterocycles. The molecule has 584 valence electrons. The van der Waals surface area contributed by atoms with E-state index in [2.05, 4.69) is 137 Å². The number of ether oxygens (including phenoxy) is 4. The third-order valence-electron chi connectivity index (χ3n) is 16.1. The summed E-state index contributed by atoms with van der Waals surface area (Å²) in [6.07, 6.45) is 83.2. The van der Waals surface area contributed by atoms with Crippen LogP contribution in [0.25, 0.3) is 0 Å². The van der Waals surface area contributed by atoms with Crippen LogP contribution in [0.4, 0.5) is 0 Å². The van der Waals surface area contributed by atoms with Crippen LogP contribution < -0.4 is 0 Å². The Morgan fingerprint density at radius 2 is 0.549 bits per heavy atom. The number of phosphoric acid groups is 2. The molecule has 0 amide bonds. The summed E-state index contributed by atoms with van der Waals surface area (Å²) in [6.45, 7) is 4.49. The van der Waals surface area contributed by atoms with Gasteiger partial charge in [-0.3, -0.25) is 37.3 Å². The predicted molar refractivity (Wildman–Crippen MR) is 418 cm³/mol. The van der Waals surface area contributed by atoms with Gasteiger partial charge in [-0.05, 0) is 141 Å². The Labute approximate surface area is 618 Å². The van der Waals surface area contributed by atoms with Gasteiger partial charge in [0.05, 0.1) is 32.8 Å². The Morgan fingerprint density at radius 1 is 0.294 bits per heavy atom. The maximum Gasteiger partial charge on any atom is 0.472 e. The van der Waals surface area contributed by atoms with Crippen molar-refractivity contribution in [3.05, 3.63) is 134 Å². The van der Waals surface area contributed by atoms with Crippen molar-refractivity contribution in [2.75, 3.05) is 39.6 Å². The number of allylic oxidation sites excluding steroid dienone is 21. The van der Waals surface area contributed by atoms with E-state index in [1.54, 1.807) is 6.08 Å². The summed E-state index contributed by atoms with van der Waals surface area (Å²) in [5.74, 6) is -2.37. The molecule has 0 saturated heterocycles. The first-order valence-corrected chi connectivity index (χ1v) is 42.4. The van der Waals surface area contributed by atoms with Gasteiger partial charge < -0.3 is 33.8 Å². The third kappa shape index (κ3) is 73.5. The molecule has 0 aliphatic carbocycles. The summed E-state index contributed by atoms with van der Waals surface area (Å²) >= 11 is 0. The topological polar surface area (TPSA) is 237 Å². The maximum absolute atomic E-state index is 13.1. The lowest BCUT2D eigenvalue weighted by Gasteiger charge is -2.21. The number of hydrogen-bond donors (Lipinski definition) is 3. The summed E-state index contributed by atoms with van der Waals surface area (Å²) in [5, 5.41) is 10.6. The molecule has 5 unspecified atom stereocenters. The van der Waals surface area contributed by atoms with Crippen molar-refractivity contribution in [2.45, 2.75) is 329 Å². The molecule has 0 saturated carbocycles. The highest BCUT2D eigenvalue weighted by atomic mass is 31.2. The number of esters is 4. The Kier molecular flexibility index (Phi) is 71.0. The van der Waals surface area contributed by atoms with Gasteiger partial charge in [-0.1, -0.05) is 277 Å². The Hall–Kier alpha value is -4.80. The molecule has 0 heterocycles. The maximum atomic E-state index is 13.1. The molecule has 0 aromatic rings. The minimum Gasteiger partial charge on any atom is -0.462 e. The number of aliphatic hydroxyl groups is 1. The molecular formula is C83H140O17P2. The van der Waals surface area contributed by atoms with Crippen molar-refractivity contribution in [1.29, 1.82) is 0 Å². The number of hydrogen-bond acceptors (Lipinski definition) is 15. The molecule has 0 bridgehead atoms. The highest BCUT2D eigenvalue weighted by Gasteiger charge is 2.30. The minimum atomic E-state index is -5.00. The van der Waals surface area contributed by atoms with Gasteiger partial charge in [0.25, 0.3) is 0 Å². The van der Waals surface area contributed by atoms with Gasteiger partial charge in [0.1, 0.15) is 19.3 Å². The Bertz CT molecular complexity index is 2460. The number of carbonyl (C=O) groups excluding carboxylic acids is 4. The lowest BCUT2D eigenvalue weighted by Crippen LogP contribution is -2.30. The molecule has 5 atom stereocenters. The molecule has 0 spiro atoms. The van der Waals surface area contributed by atoms with Gasteiger partial charge in [-0.25, -0.2) is 9.13 Å². The summed E-state index contributed by atoms with van der Waals surface area (Å²) < 4.78 is 68.4. The lowest BCUT2D eigenvalue weighted by atomic mass is 10.1. The highest BCUT2D eigenvalue weighted by Crippen LogP contribution is 2.45. The first-order valence-electron chi connectivity index (χ1n) is 39.4. The average molecular weight is 1470 g/mol. The first kappa shape index (κ1) is 97.2. The first-order chi connectivity index (χ1) is 49.7.